The smallest absolute Gasteiger partial charge is 0.269 e. The van der Waals surface area contributed by atoms with E-state index < -0.39 is 21.0 Å². The van der Waals surface area contributed by atoms with E-state index in [0.29, 0.717) is 6.42 Å². The Kier molecular flexibility index (Phi) is 5.76. The van der Waals surface area contributed by atoms with Crippen molar-refractivity contribution in [1.29, 1.82) is 0 Å². The molecule has 0 aliphatic carbocycles. The van der Waals surface area contributed by atoms with E-state index in [-0.39, 0.29) is 10.6 Å². The van der Waals surface area contributed by atoms with E-state index in [2.05, 4.69) is 4.72 Å². The molecule has 0 aliphatic heterocycles. The highest BCUT2D eigenvalue weighted by molar-refractivity contribution is 7.89. The number of benzene rings is 2. The van der Waals surface area contributed by atoms with Gasteiger partial charge in [-0.25, -0.2) is 13.1 Å². The predicted molar refractivity (Wildman–Crippen MR) is 94.2 cm³/mol. The molecule has 0 aliphatic rings. The van der Waals surface area contributed by atoms with E-state index in [4.69, 9.17) is 4.74 Å². The number of hydrogen-bond donors (Lipinski definition) is 1. The van der Waals surface area contributed by atoms with E-state index in [9.17, 15) is 18.5 Å². The third-order valence-electron chi connectivity index (χ3n) is 3.88. The third kappa shape index (κ3) is 4.34. The highest BCUT2D eigenvalue weighted by Crippen LogP contribution is 2.26. The summed E-state index contributed by atoms with van der Waals surface area (Å²) in [5.74, 6) is 0.733. The lowest BCUT2D eigenvalue weighted by Crippen LogP contribution is -2.28. The molecule has 0 radical (unpaired) electrons. The zero-order chi connectivity index (χ0) is 18.6. The maximum absolute atomic E-state index is 12.6. The molecular weight excluding hydrogens is 344 g/mol. The molecule has 1 atom stereocenters. The first-order chi connectivity index (χ1) is 11.8. The summed E-state index contributed by atoms with van der Waals surface area (Å²) in [7, 11) is -2.21. The van der Waals surface area contributed by atoms with Crippen molar-refractivity contribution in [2.45, 2.75) is 31.2 Å². The second-order valence-corrected chi connectivity index (χ2v) is 7.28. The van der Waals surface area contributed by atoms with Crippen molar-refractivity contribution in [2.75, 3.05) is 7.11 Å². The van der Waals surface area contributed by atoms with Crippen LogP contribution in [0.25, 0.3) is 0 Å². The predicted octanol–water partition coefficient (Wildman–Crippen LogP) is 3.34. The van der Waals surface area contributed by atoms with Gasteiger partial charge in [0.25, 0.3) is 5.69 Å². The van der Waals surface area contributed by atoms with Crippen LogP contribution in [0.15, 0.2) is 47.4 Å². The Hall–Kier alpha value is -2.45. The fourth-order valence-electron chi connectivity index (χ4n) is 2.51. The van der Waals surface area contributed by atoms with Gasteiger partial charge in [0, 0.05) is 18.2 Å². The third-order valence-corrected chi connectivity index (χ3v) is 5.37. The maximum atomic E-state index is 12.6. The topological polar surface area (TPSA) is 98.5 Å². The molecule has 0 heterocycles. The van der Waals surface area contributed by atoms with Crippen LogP contribution in [0.5, 0.6) is 5.75 Å². The number of nitro benzene ring substituents is 1. The van der Waals surface area contributed by atoms with E-state index in [1.54, 1.807) is 13.2 Å². The van der Waals surface area contributed by atoms with Crippen molar-refractivity contribution < 1.29 is 18.1 Å². The highest BCUT2D eigenvalue weighted by atomic mass is 32.2. The Bertz CT molecular complexity index is 863. The van der Waals surface area contributed by atoms with Crippen LogP contribution in [0, 0.1) is 17.0 Å². The number of methoxy groups -OCH3 is 1. The van der Waals surface area contributed by atoms with Gasteiger partial charge in [-0.05, 0) is 42.7 Å². The average Bonchev–Trinajstić information content (AvgIpc) is 2.59. The molecule has 134 valence electrons. The minimum atomic E-state index is -3.79. The van der Waals surface area contributed by atoms with Crippen LogP contribution in [0.2, 0.25) is 0 Å². The number of ether oxygens (including phenoxy) is 1. The summed E-state index contributed by atoms with van der Waals surface area (Å²) >= 11 is 0. The van der Waals surface area contributed by atoms with Crippen molar-refractivity contribution in [3.63, 3.8) is 0 Å². The van der Waals surface area contributed by atoms with Crippen molar-refractivity contribution in [2.24, 2.45) is 0 Å². The van der Waals surface area contributed by atoms with Gasteiger partial charge in [0.15, 0.2) is 0 Å². The molecule has 0 saturated carbocycles. The first-order valence-corrected chi connectivity index (χ1v) is 9.18. The lowest BCUT2D eigenvalue weighted by Gasteiger charge is -2.19. The number of nitrogens with one attached hydrogen (secondary N) is 1. The van der Waals surface area contributed by atoms with E-state index in [1.165, 1.54) is 24.3 Å². The Balaban J connectivity index is 2.27. The van der Waals surface area contributed by atoms with Crippen LogP contribution in [-0.4, -0.2) is 20.5 Å². The number of nitrogens with zero attached hydrogens (tertiary/aromatic N) is 1. The Morgan fingerprint density at radius 3 is 2.32 bits per heavy atom. The Morgan fingerprint density at radius 1 is 1.20 bits per heavy atom. The normalized spacial score (nSPS) is 12.6. The van der Waals surface area contributed by atoms with Crippen molar-refractivity contribution in [1.82, 2.24) is 4.72 Å². The summed E-state index contributed by atoms with van der Waals surface area (Å²) in [5.41, 5.74) is 1.58. The van der Waals surface area contributed by atoms with Crippen LogP contribution in [0.1, 0.15) is 30.5 Å². The van der Waals surface area contributed by atoms with E-state index in [0.717, 1.165) is 16.9 Å². The highest BCUT2D eigenvalue weighted by Gasteiger charge is 2.21. The summed E-state index contributed by atoms with van der Waals surface area (Å²) in [5, 5.41) is 10.7. The van der Waals surface area contributed by atoms with Crippen LogP contribution in [0.4, 0.5) is 5.69 Å². The zero-order valence-corrected chi connectivity index (χ0v) is 15.0. The molecule has 7 nitrogen and oxygen atoms in total. The molecule has 0 aromatic heterocycles. The number of rotatable bonds is 7. The number of hydrogen-bond acceptors (Lipinski definition) is 5. The maximum Gasteiger partial charge on any atom is 0.269 e. The molecule has 8 heteroatoms. The zero-order valence-electron chi connectivity index (χ0n) is 14.2. The van der Waals surface area contributed by atoms with Gasteiger partial charge in [-0.3, -0.25) is 10.1 Å². The minimum absolute atomic E-state index is 0.0122. The standard InChI is InChI=1S/C17H20N2O5S/c1-4-16(13-5-10-17(24-3)12(2)11-13)18-25(22,23)15-8-6-14(7-9-15)19(20)21/h5-11,16,18H,4H2,1-3H3. The summed E-state index contributed by atoms with van der Waals surface area (Å²) in [6.07, 6.45) is 0.554. The van der Waals surface area contributed by atoms with E-state index >= 15 is 0 Å². The van der Waals surface area contributed by atoms with Crippen LogP contribution in [-0.2, 0) is 10.0 Å². The summed E-state index contributed by atoms with van der Waals surface area (Å²) in [4.78, 5) is 10.1. The van der Waals surface area contributed by atoms with Gasteiger partial charge in [0.05, 0.1) is 16.9 Å². The summed E-state index contributed by atoms with van der Waals surface area (Å²) in [6, 6.07) is 9.89. The van der Waals surface area contributed by atoms with Gasteiger partial charge >= 0.3 is 0 Å². The summed E-state index contributed by atoms with van der Waals surface area (Å²) < 4.78 is 33.0. The molecule has 0 amide bonds. The molecule has 0 spiro atoms. The average molecular weight is 364 g/mol. The molecule has 2 aromatic carbocycles. The van der Waals surface area contributed by atoms with Gasteiger partial charge in [-0.1, -0.05) is 19.1 Å². The quantitative estimate of drug-likeness (QED) is 0.600. The molecule has 0 fully saturated rings. The molecule has 25 heavy (non-hydrogen) atoms. The lowest BCUT2D eigenvalue weighted by molar-refractivity contribution is -0.384. The fraction of sp³-hybridized carbons (Fsp3) is 0.294. The fourth-order valence-corrected chi connectivity index (χ4v) is 3.82. The Labute approximate surface area is 146 Å². The van der Waals surface area contributed by atoms with Gasteiger partial charge in [-0.2, -0.15) is 0 Å². The molecule has 1 unspecified atom stereocenters. The van der Waals surface area contributed by atoms with Gasteiger partial charge < -0.3 is 4.74 Å². The largest absolute Gasteiger partial charge is 0.496 e. The number of sulfonamides is 1. The SMILES string of the molecule is CCC(NS(=O)(=O)c1ccc([N+](=O)[O-])cc1)c1ccc(OC)c(C)c1. The van der Waals surface area contributed by atoms with Gasteiger partial charge in [0.1, 0.15) is 5.75 Å². The number of non-ortho nitro benzene ring substituents is 1. The lowest BCUT2D eigenvalue weighted by atomic mass is 10.0. The second-order valence-electron chi connectivity index (χ2n) is 5.56. The number of nitro groups is 1. The molecule has 0 saturated heterocycles. The molecule has 1 N–H and O–H groups in total. The first kappa shape index (κ1) is 18.9. The van der Waals surface area contributed by atoms with Crippen LogP contribution < -0.4 is 9.46 Å². The summed E-state index contributed by atoms with van der Waals surface area (Å²) in [6.45, 7) is 3.77. The van der Waals surface area contributed by atoms with Crippen molar-refractivity contribution in [3.05, 3.63) is 63.7 Å². The van der Waals surface area contributed by atoms with E-state index in [1.807, 2.05) is 26.0 Å². The van der Waals surface area contributed by atoms with Crippen molar-refractivity contribution in [3.8, 4) is 5.75 Å². The Morgan fingerprint density at radius 2 is 1.84 bits per heavy atom. The first-order valence-electron chi connectivity index (χ1n) is 7.69. The van der Waals surface area contributed by atoms with Crippen LogP contribution in [0.3, 0.4) is 0 Å². The second kappa shape index (κ2) is 7.62. The molecule has 2 aromatic rings. The molecular formula is C17H20N2O5S. The number of aryl methyl sites for hydroxylation is 1. The minimum Gasteiger partial charge on any atom is -0.496 e. The van der Waals surface area contributed by atoms with Crippen LogP contribution >= 0.6 is 0 Å². The molecule has 2 rings (SSSR count). The monoisotopic (exact) mass is 364 g/mol. The van der Waals surface area contributed by atoms with Gasteiger partial charge in [-0.15, -0.1) is 0 Å². The molecule has 0 bridgehead atoms. The van der Waals surface area contributed by atoms with Gasteiger partial charge in [0.2, 0.25) is 10.0 Å². The van der Waals surface area contributed by atoms with Crippen molar-refractivity contribution >= 4 is 15.7 Å².